The Kier molecular flexibility index (Phi) is 3.42. The van der Waals surface area contributed by atoms with E-state index in [0.717, 1.165) is 0 Å². The van der Waals surface area contributed by atoms with E-state index in [-0.39, 0.29) is 17.2 Å². The summed E-state index contributed by atoms with van der Waals surface area (Å²) in [6, 6.07) is 1.27. The average Bonchev–Trinajstić information content (AvgIpc) is 2.74. The van der Waals surface area contributed by atoms with E-state index in [1.54, 1.807) is 0 Å². The maximum absolute atomic E-state index is 14.1. The fraction of sp³-hybridized carbons (Fsp3) is 0.182. The van der Waals surface area contributed by atoms with Crippen LogP contribution in [0.15, 0.2) is 21.3 Å². The zero-order valence-electron chi connectivity index (χ0n) is 9.66. The lowest BCUT2D eigenvalue weighted by molar-refractivity contribution is 0.352. The molecule has 0 amide bonds. The summed E-state index contributed by atoms with van der Waals surface area (Å²) in [6.07, 6.45) is 1.32. The van der Waals surface area contributed by atoms with Crippen LogP contribution in [0.4, 0.5) is 10.3 Å². The first-order valence-electron chi connectivity index (χ1n) is 4.90. The first-order chi connectivity index (χ1) is 8.60. The molecule has 2 aromatic rings. The Morgan fingerprint density at radius 1 is 1.33 bits per heavy atom. The van der Waals surface area contributed by atoms with Gasteiger partial charge in [-0.15, -0.1) is 0 Å². The predicted octanol–water partition coefficient (Wildman–Crippen LogP) is 2.84. The minimum absolute atomic E-state index is 0.0107. The molecule has 2 rings (SSSR count). The summed E-state index contributed by atoms with van der Waals surface area (Å²) >= 11 is 3.20. The highest BCUT2D eigenvalue weighted by molar-refractivity contribution is 9.10. The van der Waals surface area contributed by atoms with Crippen molar-refractivity contribution in [2.75, 3.05) is 20.0 Å². The number of anilines is 1. The van der Waals surface area contributed by atoms with Gasteiger partial charge in [0.1, 0.15) is 5.82 Å². The highest BCUT2D eigenvalue weighted by Gasteiger charge is 2.23. The number of hydrogen-bond donors (Lipinski definition) is 1. The molecule has 5 nitrogen and oxygen atoms in total. The van der Waals surface area contributed by atoms with Crippen molar-refractivity contribution in [3.63, 3.8) is 0 Å². The van der Waals surface area contributed by atoms with E-state index in [1.807, 2.05) is 0 Å². The minimum Gasteiger partial charge on any atom is -0.492 e. The van der Waals surface area contributed by atoms with Gasteiger partial charge in [-0.05, 0) is 22.0 Å². The van der Waals surface area contributed by atoms with Gasteiger partial charge in [-0.1, -0.05) is 5.16 Å². The Bertz CT molecular complexity index is 586. The van der Waals surface area contributed by atoms with Crippen LogP contribution in [0.2, 0.25) is 0 Å². The second-order valence-electron chi connectivity index (χ2n) is 3.39. The summed E-state index contributed by atoms with van der Waals surface area (Å²) < 4.78 is 29.6. The van der Waals surface area contributed by atoms with E-state index in [2.05, 4.69) is 21.1 Å². The van der Waals surface area contributed by atoms with Crippen molar-refractivity contribution >= 4 is 21.8 Å². The largest absolute Gasteiger partial charge is 0.492 e. The van der Waals surface area contributed by atoms with Crippen LogP contribution in [0.25, 0.3) is 11.1 Å². The quantitative estimate of drug-likeness (QED) is 0.942. The Morgan fingerprint density at radius 2 is 2.00 bits per heavy atom. The van der Waals surface area contributed by atoms with Crippen molar-refractivity contribution in [1.82, 2.24) is 5.16 Å². The normalized spacial score (nSPS) is 10.4. The first-order valence-corrected chi connectivity index (χ1v) is 5.70. The van der Waals surface area contributed by atoms with Crippen LogP contribution in [0.5, 0.6) is 11.5 Å². The van der Waals surface area contributed by atoms with E-state index in [1.165, 1.54) is 26.5 Å². The molecule has 1 aromatic carbocycles. The SMILES string of the molecule is COc1c(Br)cc(F)c(-c2cnoc2N)c1OC. The number of aromatic nitrogens is 1. The van der Waals surface area contributed by atoms with Crippen molar-refractivity contribution in [3.05, 3.63) is 22.6 Å². The number of benzene rings is 1. The number of nitrogens with zero attached hydrogens (tertiary/aromatic N) is 1. The lowest BCUT2D eigenvalue weighted by Gasteiger charge is -2.14. The number of methoxy groups -OCH3 is 2. The number of nitrogens with two attached hydrogens (primary N) is 1. The molecular weight excluding hydrogens is 307 g/mol. The molecule has 7 heteroatoms. The molecule has 0 saturated carbocycles. The molecule has 18 heavy (non-hydrogen) atoms. The van der Waals surface area contributed by atoms with Crippen LogP contribution < -0.4 is 15.2 Å². The standard InChI is InChI=1S/C11H10BrFN2O3/c1-16-9-6(12)3-7(13)8(10(9)17-2)5-4-15-18-11(5)14/h3-4H,14H2,1-2H3. The number of rotatable bonds is 3. The summed E-state index contributed by atoms with van der Waals surface area (Å²) in [5.74, 6) is 0.0831. The Morgan fingerprint density at radius 3 is 2.50 bits per heavy atom. The van der Waals surface area contributed by atoms with Gasteiger partial charge in [0.05, 0.1) is 36.0 Å². The molecule has 0 unspecified atom stereocenters. The molecular formula is C11H10BrFN2O3. The summed E-state index contributed by atoms with van der Waals surface area (Å²) in [5, 5.41) is 3.52. The highest BCUT2D eigenvalue weighted by Crippen LogP contribution is 2.45. The van der Waals surface area contributed by atoms with Gasteiger partial charge in [0.25, 0.3) is 0 Å². The van der Waals surface area contributed by atoms with Crippen molar-refractivity contribution in [3.8, 4) is 22.6 Å². The van der Waals surface area contributed by atoms with Crippen LogP contribution in [-0.4, -0.2) is 19.4 Å². The molecule has 0 aliphatic rings. The van der Waals surface area contributed by atoms with Gasteiger partial charge in [-0.2, -0.15) is 0 Å². The van der Waals surface area contributed by atoms with Crippen molar-refractivity contribution in [1.29, 1.82) is 0 Å². The molecule has 1 aromatic heterocycles. The van der Waals surface area contributed by atoms with Crippen molar-refractivity contribution < 1.29 is 18.4 Å². The van der Waals surface area contributed by atoms with Crippen molar-refractivity contribution in [2.24, 2.45) is 0 Å². The molecule has 0 atom stereocenters. The molecule has 0 saturated heterocycles. The van der Waals surface area contributed by atoms with Crippen LogP contribution >= 0.6 is 15.9 Å². The molecule has 0 spiro atoms. The minimum atomic E-state index is -0.519. The van der Waals surface area contributed by atoms with Gasteiger partial charge in [0.15, 0.2) is 11.5 Å². The topological polar surface area (TPSA) is 70.5 Å². The monoisotopic (exact) mass is 316 g/mol. The fourth-order valence-corrected chi connectivity index (χ4v) is 2.19. The molecule has 0 aliphatic heterocycles. The van der Waals surface area contributed by atoms with E-state index in [4.69, 9.17) is 19.7 Å². The summed E-state index contributed by atoms with van der Waals surface area (Å²) in [7, 11) is 2.87. The Balaban J connectivity index is 2.78. The van der Waals surface area contributed by atoms with Gasteiger partial charge in [0.2, 0.25) is 5.88 Å². The molecule has 1 heterocycles. The van der Waals surface area contributed by atoms with Gasteiger partial charge < -0.3 is 19.7 Å². The third-order valence-corrected chi connectivity index (χ3v) is 3.01. The van der Waals surface area contributed by atoms with E-state index < -0.39 is 5.82 Å². The van der Waals surface area contributed by atoms with Crippen LogP contribution in [-0.2, 0) is 0 Å². The highest BCUT2D eigenvalue weighted by atomic mass is 79.9. The second kappa shape index (κ2) is 4.85. The summed E-state index contributed by atoms with van der Waals surface area (Å²) in [6.45, 7) is 0. The first kappa shape index (κ1) is 12.7. The molecule has 96 valence electrons. The molecule has 0 bridgehead atoms. The Hall–Kier alpha value is -1.76. The number of halogens is 2. The maximum Gasteiger partial charge on any atom is 0.230 e. The van der Waals surface area contributed by atoms with Crippen LogP contribution in [0.1, 0.15) is 0 Å². The van der Waals surface area contributed by atoms with Gasteiger partial charge in [-0.3, -0.25) is 0 Å². The summed E-state index contributed by atoms with van der Waals surface area (Å²) in [4.78, 5) is 0. The van der Waals surface area contributed by atoms with Gasteiger partial charge in [-0.25, -0.2) is 4.39 Å². The predicted molar refractivity (Wildman–Crippen MR) is 67.1 cm³/mol. The maximum atomic E-state index is 14.1. The zero-order valence-corrected chi connectivity index (χ0v) is 11.2. The van der Waals surface area contributed by atoms with Crippen molar-refractivity contribution in [2.45, 2.75) is 0 Å². The third-order valence-electron chi connectivity index (χ3n) is 2.42. The fourth-order valence-electron chi connectivity index (χ4n) is 1.65. The molecule has 0 aliphatic carbocycles. The average molecular weight is 317 g/mol. The van der Waals surface area contributed by atoms with Crippen LogP contribution in [0, 0.1) is 5.82 Å². The Labute approximate surface area is 111 Å². The molecule has 2 N–H and O–H groups in total. The van der Waals surface area contributed by atoms with E-state index >= 15 is 0 Å². The van der Waals surface area contributed by atoms with Gasteiger partial charge in [0, 0.05) is 0 Å². The lowest BCUT2D eigenvalue weighted by atomic mass is 10.1. The molecule has 0 fully saturated rings. The van der Waals surface area contributed by atoms with E-state index in [0.29, 0.717) is 15.8 Å². The number of nitrogen functional groups attached to an aromatic ring is 1. The van der Waals surface area contributed by atoms with Gasteiger partial charge >= 0.3 is 0 Å². The molecule has 0 radical (unpaired) electrons. The second-order valence-corrected chi connectivity index (χ2v) is 4.24. The van der Waals surface area contributed by atoms with Crippen LogP contribution in [0.3, 0.4) is 0 Å². The smallest absolute Gasteiger partial charge is 0.230 e. The summed E-state index contributed by atoms with van der Waals surface area (Å²) in [5.41, 5.74) is 6.06. The lowest BCUT2D eigenvalue weighted by Crippen LogP contribution is -1.98. The number of ether oxygens (including phenoxy) is 2. The third kappa shape index (κ3) is 1.90. The van der Waals surface area contributed by atoms with E-state index in [9.17, 15) is 4.39 Å². The number of hydrogen-bond acceptors (Lipinski definition) is 5. The zero-order chi connectivity index (χ0) is 13.3.